The van der Waals surface area contributed by atoms with Crippen molar-refractivity contribution in [1.29, 1.82) is 0 Å². The Bertz CT molecular complexity index is 951. The fourth-order valence-corrected chi connectivity index (χ4v) is 2.74. The van der Waals surface area contributed by atoms with Crippen molar-refractivity contribution in [1.82, 2.24) is 23.1 Å². The fourth-order valence-electron chi connectivity index (χ4n) is 2.74. The number of aromatic nitrogens is 5. The van der Waals surface area contributed by atoms with E-state index in [4.69, 9.17) is 0 Å². The van der Waals surface area contributed by atoms with Crippen LogP contribution in [0.1, 0.15) is 25.6 Å². The first-order valence-corrected chi connectivity index (χ1v) is 6.50. The first-order chi connectivity index (χ1) is 9.34. The van der Waals surface area contributed by atoms with Crippen molar-refractivity contribution in [3.8, 4) is 0 Å². The summed E-state index contributed by atoms with van der Waals surface area (Å²) in [5.41, 5.74) is 1.20. The Morgan fingerprint density at radius 1 is 1.15 bits per heavy atom. The van der Waals surface area contributed by atoms with Crippen LogP contribution in [0.3, 0.4) is 0 Å². The molecule has 3 aromatic rings. The summed E-state index contributed by atoms with van der Waals surface area (Å²) >= 11 is 0. The van der Waals surface area contributed by atoms with Gasteiger partial charge in [0.25, 0.3) is 5.56 Å². The van der Waals surface area contributed by atoms with Crippen LogP contribution in [0.2, 0.25) is 0 Å². The molecule has 0 aliphatic heterocycles. The first-order valence-electron chi connectivity index (χ1n) is 6.50. The Morgan fingerprint density at radius 2 is 1.80 bits per heavy atom. The monoisotopic (exact) mass is 275 g/mol. The van der Waals surface area contributed by atoms with Crippen LogP contribution in [0.4, 0.5) is 0 Å². The SMILES string of the molecule is Cc1cn2c3c(=O)n(C)c(=O)n(C)c3nc2n1C(C)C. The van der Waals surface area contributed by atoms with E-state index in [1.807, 2.05) is 17.7 Å². The molecule has 3 aromatic heterocycles. The van der Waals surface area contributed by atoms with Gasteiger partial charge < -0.3 is 4.57 Å². The Hall–Kier alpha value is -2.31. The molecule has 0 atom stereocenters. The zero-order valence-corrected chi connectivity index (χ0v) is 12.2. The highest BCUT2D eigenvalue weighted by molar-refractivity contribution is 5.75. The van der Waals surface area contributed by atoms with Gasteiger partial charge in [0, 0.05) is 32.0 Å². The molecule has 0 fully saturated rings. The summed E-state index contributed by atoms with van der Waals surface area (Å²) in [5.74, 6) is 0.686. The lowest BCUT2D eigenvalue weighted by Crippen LogP contribution is -2.37. The molecule has 7 heteroatoms. The van der Waals surface area contributed by atoms with Gasteiger partial charge in [-0.1, -0.05) is 0 Å². The van der Waals surface area contributed by atoms with E-state index in [2.05, 4.69) is 18.8 Å². The van der Waals surface area contributed by atoms with Gasteiger partial charge in [-0.05, 0) is 20.8 Å². The van der Waals surface area contributed by atoms with Gasteiger partial charge in [-0.3, -0.25) is 18.3 Å². The molecule has 0 saturated heterocycles. The second-order valence-corrected chi connectivity index (χ2v) is 5.39. The molecule has 7 nitrogen and oxygen atoms in total. The molecule has 0 N–H and O–H groups in total. The van der Waals surface area contributed by atoms with E-state index in [0.29, 0.717) is 16.9 Å². The Balaban J connectivity index is 2.65. The molecule has 0 aliphatic rings. The lowest BCUT2D eigenvalue weighted by molar-refractivity contribution is 0.601. The van der Waals surface area contributed by atoms with E-state index >= 15 is 0 Å². The second-order valence-electron chi connectivity index (χ2n) is 5.39. The normalized spacial score (nSPS) is 12.1. The number of aryl methyl sites for hydroxylation is 2. The Labute approximate surface area is 114 Å². The van der Waals surface area contributed by atoms with Gasteiger partial charge in [-0.25, -0.2) is 4.79 Å². The summed E-state index contributed by atoms with van der Waals surface area (Å²) < 4.78 is 6.33. The van der Waals surface area contributed by atoms with Gasteiger partial charge in [0.05, 0.1) is 0 Å². The van der Waals surface area contributed by atoms with E-state index < -0.39 is 0 Å². The fraction of sp³-hybridized carbons (Fsp3) is 0.462. The molecule has 20 heavy (non-hydrogen) atoms. The summed E-state index contributed by atoms with van der Waals surface area (Å²) in [6.45, 7) is 6.10. The van der Waals surface area contributed by atoms with Crippen molar-refractivity contribution in [2.24, 2.45) is 14.1 Å². The predicted molar refractivity (Wildman–Crippen MR) is 76.3 cm³/mol. The quantitative estimate of drug-likeness (QED) is 0.652. The van der Waals surface area contributed by atoms with Crippen LogP contribution in [0.25, 0.3) is 16.9 Å². The number of imidazole rings is 2. The van der Waals surface area contributed by atoms with Gasteiger partial charge in [0.1, 0.15) is 0 Å². The van der Waals surface area contributed by atoms with Crippen molar-refractivity contribution >= 4 is 16.9 Å². The molecule has 3 heterocycles. The van der Waals surface area contributed by atoms with Crippen LogP contribution >= 0.6 is 0 Å². The largest absolute Gasteiger partial charge is 0.332 e. The minimum Gasteiger partial charge on any atom is -0.312 e. The van der Waals surface area contributed by atoms with Gasteiger partial charge in [0.2, 0.25) is 5.78 Å². The minimum absolute atomic E-state index is 0.227. The maximum Gasteiger partial charge on any atom is 0.332 e. The lowest BCUT2D eigenvalue weighted by Gasteiger charge is -2.08. The van der Waals surface area contributed by atoms with E-state index in [9.17, 15) is 9.59 Å². The minimum atomic E-state index is -0.365. The molecular formula is C13H17N5O2. The van der Waals surface area contributed by atoms with Gasteiger partial charge in [-0.15, -0.1) is 0 Å². The second kappa shape index (κ2) is 3.84. The van der Waals surface area contributed by atoms with Crippen LogP contribution in [0.5, 0.6) is 0 Å². The molecule has 0 saturated carbocycles. The number of hydrogen-bond donors (Lipinski definition) is 0. The number of nitrogens with zero attached hydrogens (tertiary/aromatic N) is 5. The lowest BCUT2D eigenvalue weighted by atomic mass is 10.3. The molecule has 106 valence electrons. The topological polar surface area (TPSA) is 66.2 Å². The highest BCUT2D eigenvalue weighted by Crippen LogP contribution is 2.19. The van der Waals surface area contributed by atoms with Gasteiger partial charge in [-0.2, -0.15) is 4.98 Å². The molecule has 0 radical (unpaired) electrons. The summed E-state index contributed by atoms with van der Waals surface area (Å²) in [7, 11) is 3.11. The maximum atomic E-state index is 12.3. The number of fused-ring (bicyclic) bond motifs is 3. The number of rotatable bonds is 1. The molecule has 3 rings (SSSR count). The van der Waals surface area contributed by atoms with Crippen molar-refractivity contribution < 1.29 is 0 Å². The average molecular weight is 275 g/mol. The van der Waals surface area contributed by atoms with Crippen LogP contribution in [-0.4, -0.2) is 23.1 Å². The third-order valence-corrected chi connectivity index (χ3v) is 3.70. The molecule has 0 aliphatic carbocycles. The summed E-state index contributed by atoms with van der Waals surface area (Å²) in [6, 6.07) is 0.227. The summed E-state index contributed by atoms with van der Waals surface area (Å²) in [4.78, 5) is 28.8. The van der Waals surface area contributed by atoms with E-state index in [-0.39, 0.29) is 17.3 Å². The summed E-state index contributed by atoms with van der Waals surface area (Å²) in [5, 5.41) is 0. The smallest absolute Gasteiger partial charge is 0.312 e. The average Bonchev–Trinajstić information content (AvgIpc) is 2.87. The summed E-state index contributed by atoms with van der Waals surface area (Å²) in [6.07, 6.45) is 1.89. The van der Waals surface area contributed by atoms with Crippen LogP contribution < -0.4 is 11.2 Å². The molecule has 0 amide bonds. The van der Waals surface area contributed by atoms with Gasteiger partial charge in [0.15, 0.2) is 11.2 Å². The van der Waals surface area contributed by atoms with Crippen LogP contribution in [0, 0.1) is 6.92 Å². The van der Waals surface area contributed by atoms with Crippen molar-refractivity contribution in [2.45, 2.75) is 26.8 Å². The Morgan fingerprint density at radius 3 is 2.40 bits per heavy atom. The van der Waals surface area contributed by atoms with E-state index in [1.165, 1.54) is 11.6 Å². The zero-order valence-electron chi connectivity index (χ0n) is 12.2. The third kappa shape index (κ3) is 1.37. The maximum absolute atomic E-state index is 12.3. The predicted octanol–water partition coefficient (Wildman–Crippen LogP) is 0.576. The van der Waals surface area contributed by atoms with E-state index in [1.54, 1.807) is 11.4 Å². The van der Waals surface area contributed by atoms with Crippen molar-refractivity contribution in [2.75, 3.05) is 0 Å². The zero-order chi connectivity index (χ0) is 14.8. The molecule has 0 aromatic carbocycles. The van der Waals surface area contributed by atoms with Gasteiger partial charge >= 0.3 is 5.69 Å². The highest BCUT2D eigenvalue weighted by Gasteiger charge is 2.19. The van der Waals surface area contributed by atoms with Crippen LogP contribution in [-0.2, 0) is 14.1 Å². The molecule has 0 unspecified atom stereocenters. The molecular weight excluding hydrogens is 258 g/mol. The standard InChI is InChI=1S/C13H17N5O2/c1-7(2)18-8(3)6-17-9-10(14-12(17)18)15(4)13(20)16(5)11(9)19/h6-7H,1-5H3. The number of hydrogen-bond acceptors (Lipinski definition) is 3. The molecule has 0 spiro atoms. The third-order valence-electron chi connectivity index (χ3n) is 3.70. The van der Waals surface area contributed by atoms with E-state index in [0.717, 1.165) is 10.3 Å². The van der Waals surface area contributed by atoms with Crippen LogP contribution in [0.15, 0.2) is 15.8 Å². The Kier molecular flexibility index (Phi) is 2.44. The molecule has 0 bridgehead atoms. The highest BCUT2D eigenvalue weighted by atomic mass is 16.2. The van der Waals surface area contributed by atoms with Crippen molar-refractivity contribution in [3.05, 3.63) is 32.7 Å². The van der Waals surface area contributed by atoms with Crippen molar-refractivity contribution in [3.63, 3.8) is 0 Å². The first kappa shape index (κ1) is 12.7.